The van der Waals surface area contributed by atoms with Crippen molar-refractivity contribution in [3.63, 3.8) is 0 Å². The minimum atomic E-state index is 0.381. The van der Waals surface area contributed by atoms with Gasteiger partial charge in [0.05, 0.1) is 11.4 Å². The Labute approximate surface area is 113 Å². The molecule has 1 rings (SSSR count). The van der Waals surface area contributed by atoms with Crippen LogP contribution >= 0.6 is 15.9 Å². The summed E-state index contributed by atoms with van der Waals surface area (Å²) in [6, 6.07) is 6.27. The number of likely N-dealkylation sites (N-methyl/N-ethyl adjacent to an activating group) is 1. The van der Waals surface area contributed by atoms with Gasteiger partial charge in [0, 0.05) is 17.1 Å². The molecule has 0 saturated heterocycles. The molecule has 0 aromatic heterocycles. The number of hydrogen-bond acceptors (Lipinski definition) is 3. The van der Waals surface area contributed by atoms with Gasteiger partial charge in [-0.1, -0.05) is 29.8 Å². The second kappa shape index (κ2) is 6.87. The standard InChI is InChI=1S/C13H22BrN3/c1-4-17(5-2)9-10(3)16-13-8-11(14)6-7-12(13)15/h6-8,10,16H,4-5,9,15H2,1-3H3. The van der Waals surface area contributed by atoms with Crippen LogP contribution in [0.3, 0.4) is 0 Å². The molecule has 0 aliphatic heterocycles. The highest BCUT2D eigenvalue weighted by Gasteiger charge is 2.08. The van der Waals surface area contributed by atoms with Crippen LogP contribution in [0.15, 0.2) is 22.7 Å². The van der Waals surface area contributed by atoms with E-state index in [1.54, 1.807) is 0 Å². The van der Waals surface area contributed by atoms with Gasteiger partial charge in [-0.2, -0.15) is 0 Å². The van der Waals surface area contributed by atoms with Crippen molar-refractivity contribution in [2.75, 3.05) is 30.7 Å². The highest BCUT2D eigenvalue weighted by Crippen LogP contribution is 2.23. The van der Waals surface area contributed by atoms with Crippen LogP contribution in [0.5, 0.6) is 0 Å². The molecule has 0 heterocycles. The van der Waals surface area contributed by atoms with Gasteiger partial charge >= 0.3 is 0 Å². The Balaban J connectivity index is 2.61. The van der Waals surface area contributed by atoms with Gasteiger partial charge < -0.3 is 16.0 Å². The topological polar surface area (TPSA) is 41.3 Å². The Bertz CT molecular complexity index is 351. The Kier molecular flexibility index (Phi) is 5.78. The molecular formula is C13H22BrN3. The summed E-state index contributed by atoms with van der Waals surface area (Å²) in [6.45, 7) is 9.73. The average molecular weight is 300 g/mol. The molecule has 1 aromatic carbocycles. The fraction of sp³-hybridized carbons (Fsp3) is 0.538. The summed E-state index contributed by atoms with van der Waals surface area (Å²) in [5, 5.41) is 3.45. The monoisotopic (exact) mass is 299 g/mol. The first-order valence-electron chi connectivity index (χ1n) is 6.10. The Hall–Kier alpha value is -0.740. The molecular weight excluding hydrogens is 278 g/mol. The van der Waals surface area contributed by atoms with Crippen molar-refractivity contribution < 1.29 is 0 Å². The van der Waals surface area contributed by atoms with E-state index in [0.29, 0.717) is 6.04 Å². The molecule has 0 bridgehead atoms. The van der Waals surface area contributed by atoms with Crippen molar-refractivity contribution in [1.82, 2.24) is 4.90 Å². The molecule has 1 atom stereocenters. The Morgan fingerprint density at radius 1 is 1.35 bits per heavy atom. The second-order valence-corrected chi connectivity index (χ2v) is 5.18. The fourth-order valence-electron chi connectivity index (χ4n) is 1.83. The third-order valence-electron chi connectivity index (χ3n) is 2.84. The van der Waals surface area contributed by atoms with E-state index in [4.69, 9.17) is 5.73 Å². The van der Waals surface area contributed by atoms with Crippen LogP contribution < -0.4 is 11.1 Å². The molecule has 0 fully saturated rings. The summed E-state index contributed by atoms with van der Waals surface area (Å²) < 4.78 is 1.05. The number of benzene rings is 1. The lowest BCUT2D eigenvalue weighted by atomic mass is 10.2. The van der Waals surface area contributed by atoms with Crippen molar-refractivity contribution in [2.45, 2.75) is 26.8 Å². The number of nitrogen functional groups attached to an aromatic ring is 1. The van der Waals surface area contributed by atoms with E-state index in [0.717, 1.165) is 35.5 Å². The van der Waals surface area contributed by atoms with Gasteiger partial charge in [-0.15, -0.1) is 0 Å². The van der Waals surface area contributed by atoms with Crippen LogP contribution in [-0.2, 0) is 0 Å². The highest BCUT2D eigenvalue weighted by atomic mass is 79.9. The van der Waals surface area contributed by atoms with Crippen molar-refractivity contribution in [1.29, 1.82) is 0 Å². The maximum Gasteiger partial charge on any atom is 0.0587 e. The van der Waals surface area contributed by atoms with Crippen LogP contribution in [0.4, 0.5) is 11.4 Å². The quantitative estimate of drug-likeness (QED) is 0.793. The molecule has 96 valence electrons. The minimum absolute atomic E-state index is 0.381. The first-order valence-corrected chi connectivity index (χ1v) is 6.90. The molecule has 0 spiro atoms. The fourth-order valence-corrected chi connectivity index (χ4v) is 2.19. The molecule has 1 unspecified atom stereocenters. The summed E-state index contributed by atoms with van der Waals surface area (Å²) in [7, 11) is 0. The largest absolute Gasteiger partial charge is 0.397 e. The first-order chi connectivity index (χ1) is 8.06. The van der Waals surface area contributed by atoms with Crippen molar-refractivity contribution >= 4 is 27.3 Å². The number of halogens is 1. The van der Waals surface area contributed by atoms with Crippen LogP contribution in [0, 0.1) is 0 Å². The lowest BCUT2D eigenvalue weighted by molar-refractivity contribution is 0.295. The molecule has 0 saturated carbocycles. The maximum absolute atomic E-state index is 5.94. The number of nitrogens with one attached hydrogen (secondary N) is 1. The predicted molar refractivity (Wildman–Crippen MR) is 79.4 cm³/mol. The Morgan fingerprint density at radius 2 is 2.00 bits per heavy atom. The predicted octanol–water partition coefficient (Wildman–Crippen LogP) is 3.17. The molecule has 4 heteroatoms. The van der Waals surface area contributed by atoms with Gasteiger partial charge in [-0.25, -0.2) is 0 Å². The van der Waals surface area contributed by atoms with Crippen LogP contribution in [0.2, 0.25) is 0 Å². The zero-order chi connectivity index (χ0) is 12.8. The average Bonchev–Trinajstić information content (AvgIpc) is 2.31. The van der Waals surface area contributed by atoms with E-state index in [1.807, 2.05) is 18.2 Å². The van der Waals surface area contributed by atoms with Gasteiger partial charge in [0.1, 0.15) is 0 Å². The van der Waals surface area contributed by atoms with Crippen LogP contribution in [-0.4, -0.2) is 30.6 Å². The zero-order valence-corrected chi connectivity index (χ0v) is 12.4. The van der Waals surface area contributed by atoms with E-state index in [9.17, 15) is 0 Å². The summed E-state index contributed by atoms with van der Waals surface area (Å²) in [5.41, 5.74) is 7.73. The molecule has 0 aliphatic carbocycles. The second-order valence-electron chi connectivity index (χ2n) is 4.26. The van der Waals surface area contributed by atoms with Gasteiger partial charge in [-0.3, -0.25) is 0 Å². The molecule has 0 radical (unpaired) electrons. The van der Waals surface area contributed by atoms with Gasteiger partial charge in [-0.05, 0) is 38.2 Å². The minimum Gasteiger partial charge on any atom is -0.397 e. The first kappa shape index (κ1) is 14.3. The Morgan fingerprint density at radius 3 is 2.59 bits per heavy atom. The van der Waals surface area contributed by atoms with E-state index in [-0.39, 0.29) is 0 Å². The number of nitrogens with zero attached hydrogens (tertiary/aromatic N) is 1. The molecule has 3 nitrogen and oxygen atoms in total. The lowest BCUT2D eigenvalue weighted by Gasteiger charge is -2.24. The van der Waals surface area contributed by atoms with Crippen molar-refractivity contribution in [3.8, 4) is 0 Å². The van der Waals surface area contributed by atoms with Gasteiger partial charge in [0.25, 0.3) is 0 Å². The van der Waals surface area contributed by atoms with E-state index in [1.165, 1.54) is 0 Å². The smallest absolute Gasteiger partial charge is 0.0587 e. The summed E-state index contributed by atoms with van der Waals surface area (Å²) in [4.78, 5) is 2.39. The van der Waals surface area contributed by atoms with Gasteiger partial charge in [0.15, 0.2) is 0 Å². The number of anilines is 2. The van der Waals surface area contributed by atoms with E-state index in [2.05, 4.69) is 46.9 Å². The third kappa shape index (κ3) is 4.56. The van der Waals surface area contributed by atoms with Crippen molar-refractivity contribution in [3.05, 3.63) is 22.7 Å². The lowest BCUT2D eigenvalue weighted by Crippen LogP contribution is -2.34. The summed E-state index contributed by atoms with van der Waals surface area (Å²) in [6.07, 6.45) is 0. The number of nitrogens with two attached hydrogens (primary N) is 1. The van der Waals surface area contributed by atoms with Crippen molar-refractivity contribution in [2.24, 2.45) is 0 Å². The molecule has 0 aliphatic rings. The SMILES string of the molecule is CCN(CC)CC(C)Nc1cc(Br)ccc1N. The summed E-state index contributed by atoms with van der Waals surface area (Å²) in [5.74, 6) is 0. The third-order valence-corrected chi connectivity index (χ3v) is 3.34. The van der Waals surface area contributed by atoms with E-state index >= 15 is 0 Å². The van der Waals surface area contributed by atoms with Crippen LogP contribution in [0.25, 0.3) is 0 Å². The molecule has 0 amide bonds. The summed E-state index contributed by atoms with van der Waals surface area (Å²) >= 11 is 3.46. The normalized spacial score (nSPS) is 12.8. The number of hydrogen-bond donors (Lipinski definition) is 2. The highest BCUT2D eigenvalue weighted by molar-refractivity contribution is 9.10. The zero-order valence-electron chi connectivity index (χ0n) is 10.8. The van der Waals surface area contributed by atoms with Gasteiger partial charge in [0.2, 0.25) is 0 Å². The molecule has 17 heavy (non-hydrogen) atoms. The van der Waals surface area contributed by atoms with E-state index < -0.39 is 0 Å². The molecule has 3 N–H and O–H groups in total. The molecule has 1 aromatic rings. The number of rotatable bonds is 6. The maximum atomic E-state index is 5.94. The van der Waals surface area contributed by atoms with Crippen LogP contribution in [0.1, 0.15) is 20.8 Å².